The van der Waals surface area contributed by atoms with Crippen LogP contribution in [0.3, 0.4) is 0 Å². The van der Waals surface area contributed by atoms with Crippen LogP contribution in [-0.2, 0) is 0 Å². The second-order valence-corrected chi connectivity index (χ2v) is 6.45. The number of aryl methyl sites for hydroxylation is 1. The van der Waals surface area contributed by atoms with Gasteiger partial charge in [0, 0.05) is 16.7 Å². The molecule has 6 nitrogen and oxygen atoms in total. The number of anilines is 3. The maximum Gasteiger partial charge on any atom is 0.255 e. The van der Waals surface area contributed by atoms with Gasteiger partial charge in [0.15, 0.2) is 0 Å². The van der Waals surface area contributed by atoms with Gasteiger partial charge in [0.1, 0.15) is 17.3 Å². The van der Waals surface area contributed by atoms with Gasteiger partial charge in [-0.3, -0.25) is 4.79 Å². The van der Waals surface area contributed by atoms with Gasteiger partial charge in [-0.25, -0.2) is 4.98 Å². The van der Waals surface area contributed by atoms with Crippen LogP contribution >= 0.6 is 11.6 Å². The number of methoxy groups -OCH3 is 2. The highest BCUT2D eigenvalue weighted by atomic mass is 35.5. The largest absolute Gasteiger partial charge is 0.497 e. The summed E-state index contributed by atoms with van der Waals surface area (Å²) in [5.74, 6) is 1.71. The van der Waals surface area contributed by atoms with Crippen molar-refractivity contribution in [2.45, 2.75) is 6.92 Å². The Labute approximate surface area is 168 Å². The van der Waals surface area contributed by atoms with Gasteiger partial charge in [-0.2, -0.15) is 0 Å². The minimum absolute atomic E-state index is 0.222. The molecule has 0 fully saturated rings. The lowest BCUT2D eigenvalue weighted by Gasteiger charge is -2.13. The summed E-state index contributed by atoms with van der Waals surface area (Å²) in [6, 6.07) is 14.1. The van der Waals surface area contributed by atoms with Crippen LogP contribution in [0.2, 0.25) is 5.02 Å². The summed E-state index contributed by atoms with van der Waals surface area (Å²) in [5, 5.41) is 6.64. The van der Waals surface area contributed by atoms with Crippen molar-refractivity contribution in [3.8, 4) is 11.5 Å². The summed E-state index contributed by atoms with van der Waals surface area (Å²) in [6.07, 6.45) is 1.58. The third-order valence-electron chi connectivity index (χ3n) is 4.12. The number of ether oxygens (including phenoxy) is 2. The monoisotopic (exact) mass is 397 g/mol. The molecule has 3 aromatic rings. The molecule has 0 saturated carbocycles. The number of aromatic nitrogens is 1. The van der Waals surface area contributed by atoms with E-state index >= 15 is 0 Å². The minimum Gasteiger partial charge on any atom is -0.497 e. The van der Waals surface area contributed by atoms with Gasteiger partial charge in [-0.05, 0) is 55.0 Å². The van der Waals surface area contributed by atoms with Gasteiger partial charge in [0.05, 0.1) is 31.8 Å². The molecule has 1 heterocycles. The Kier molecular flexibility index (Phi) is 6.01. The van der Waals surface area contributed by atoms with Crippen molar-refractivity contribution >= 4 is 34.7 Å². The molecule has 144 valence electrons. The van der Waals surface area contributed by atoms with E-state index in [1.807, 2.05) is 13.0 Å². The third kappa shape index (κ3) is 4.53. The Balaban J connectivity index is 1.69. The first-order valence-electron chi connectivity index (χ1n) is 8.53. The van der Waals surface area contributed by atoms with Crippen molar-refractivity contribution in [1.29, 1.82) is 0 Å². The number of pyridine rings is 1. The van der Waals surface area contributed by atoms with Crippen molar-refractivity contribution in [2.24, 2.45) is 0 Å². The molecule has 0 atom stereocenters. The zero-order chi connectivity index (χ0) is 20.1. The standard InChI is InChI=1S/C21H20ClN3O3/c1-13-10-18(19(28-3)11-17(13)22)25-20-9-6-15(12-23-20)24-21(26)14-4-7-16(27-2)8-5-14/h4-12H,1-3H3,(H,23,25)(H,24,26). The highest BCUT2D eigenvalue weighted by Crippen LogP contribution is 2.32. The maximum absolute atomic E-state index is 12.3. The Hall–Kier alpha value is -3.25. The molecule has 0 aliphatic rings. The molecular formula is C21H20ClN3O3. The SMILES string of the molecule is COc1ccc(C(=O)Nc2ccc(Nc3cc(C)c(Cl)cc3OC)nc2)cc1. The van der Waals surface area contributed by atoms with Crippen LogP contribution in [0.1, 0.15) is 15.9 Å². The van der Waals surface area contributed by atoms with Gasteiger partial charge >= 0.3 is 0 Å². The van der Waals surface area contributed by atoms with Crippen LogP contribution in [0.4, 0.5) is 17.2 Å². The summed E-state index contributed by atoms with van der Waals surface area (Å²) in [6.45, 7) is 1.91. The van der Waals surface area contributed by atoms with Gasteiger partial charge < -0.3 is 20.1 Å². The maximum atomic E-state index is 12.3. The Morgan fingerprint density at radius 1 is 1.04 bits per heavy atom. The van der Waals surface area contributed by atoms with Crippen LogP contribution in [-0.4, -0.2) is 25.1 Å². The summed E-state index contributed by atoms with van der Waals surface area (Å²) in [5.41, 5.74) is 2.80. The minimum atomic E-state index is -0.222. The number of carbonyl (C=O) groups is 1. The van der Waals surface area contributed by atoms with Crippen molar-refractivity contribution in [3.05, 3.63) is 70.9 Å². The Morgan fingerprint density at radius 3 is 2.39 bits per heavy atom. The van der Waals surface area contributed by atoms with Crippen molar-refractivity contribution in [3.63, 3.8) is 0 Å². The second-order valence-electron chi connectivity index (χ2n) is 6.04. The number of rotatable bonds is 6. The van der Waals surface area contributed by atoms with E-state index in [-0.39, 0.29) is 5.91 Å². The number of hydrogen-bond donors (Lipinski definition) is 2. The Bertz CT molecular complexity index is 973. The first kappa shape index (κ1) is 19.5. The van der Waals surface area contributed by atoms with Gasteiger partial charge in [0.25, 0.3) is 5.91 Å². The summed E-state index contributed by atoms with van der Waals surface area (Å²) < 4.78 is 10.4. The topological polar surface area (TPSA) is 72.5 Å². The number of hydrogen-bond acceptors (Lipinski definition) is 5. The van der Waals surface area contributed by atoms with E-state index in [1.165, 1.54) is 0 Å². The predicted molar refractivity (Wildman–Crippen MR) is 111 cm³/mol. The van der Waals surface area contributed by atoms with Crippen LogP contribution in [0.15, 0.2) is 54.7 Å². The number of nitrogens with zero attached hydrogens (tertiary/aromatic N) is 1. The smallest absolute Gasteiger partial charge is 0.255 e. The van der Waals surface area contributed by atoms with Gasteiger partial charge in [0.2, 0.25) is 0 Å². The summed E-state index contributed by atoms with van der Waals surface area (Å²) in [7, 11) is 3.16. The molecule has 0 radical (unpaired) electrons. The fourth-order valence-corrected chi connectivity index (χ4v) is 2.71. The van der Waals surface area contributed by atoms with Crippen LogP contribution in [0.25, 0.3) is 0 Å². The van der Waals surface area contributed by atoms with Crippen molar-refractivity contribution in [2.75, 3.05) is 24.9 Å². The molecule has 0 unspecified atom stereocenters. The molecule has 1 aromatic heterocycles. The highest BCUT2D eigenvalue weighted by Gasteiger charge is 2.09. The molecule has 3 rings (SSSR count). The molecule has 7 heteroatoms. The predicted octanol–water partition coefficient (Wildman–Crippen LogP) is 5.06. The third-order valence-corrected chi connectivity index (χ3v) is 4.52. The van der Waals surface area contributed by atoms with E-state index in [0.29, 0.717) is 33.6 Å². The quantitative estimate of drug-likeness (QED) is 0.608. The molecule has 2 N–H and O–H groups in total. The van der Waals surface area contributed by atoms with Crippen molar-refractivity contribution in [1.82, 2.24) is 4.98 Å². The molecule has 2 aromatic carbocycles. The van der Waals surface area contributed by atoms with E-state index in [0.717, 1.165) is 11.3 Å². The molecule has 0 bridgehead atoms. The molecule has 0 aliphatic heterocycles. The second kappa shape index (κ2) is 8.63. The summed E-state index contributed by atoms with van der Waals surface area (Å²) in [4.78, 5) is 16.7. The number of carbonyl (C=O) groups excluding carboxylic acids is 1. The average Bonchev–Trinajstić information content (AvgIpc) is 2.72. The average molecular weight is 398 g/mol. The van der Waals surface area contributed by atoms with Gasteiger partial charge in [-0.15, -0.1) is 0 Å². The molecule has 0 spiro atoms. The van der Waals surface area contributed by atoms with Crippen LogP contribution < -0.4 is 20.1 Å². The van der Waals surface area contributed by atoms with E-state index in [4.69, 9.17) is 21.1 Å². The van der Waals surface area contributed by atoms with Crippen molar-refractivity contribution < 1.29 is 14.3 Å². The van der Waals surface area contributed by atoms with Crippen LogP contribution in [0.5, 0.6) is 11.5 Å². The zero-order valence-corrected chi connectivity index (χ0v) is 16.5. The number of halogens is 1. The fourth-order valence-electron chi connectivity index (χ4n) is 2.56. The highest BCUT2D eigenvalue weighted by molar-refractivity contribution is 6.31. The van der Waals surface area contributed by atoms with Crippen LogP contribution in [0, 0.1) is 6.92 Å². The van der Waals surface area contributed by atoms with E-state index in [1.54, 1.807) is 62.9 Å². The lowest BCUT2D eigenvalue weighted by Crippen LogP contribution is -2.12. The first-order valence-corrected chi connectivity index (χ1v) is 8.90. The Morgan fingerprint density at radius 2 is 1.79 bits per heavy atom. The van der Waals surface area contributed by atoms with E-state index in [2.05, 4.69) is 15.6 Å². The lowest BCUT2D eigenvalue weighted by molar-refractivity contribution is 0.102. The van der Waals surface area contributed by atoms with E-state index in [9.17, 15) is 4.79 Å². The molecule has 1 amide bonds. The summed E-state index contributed by atoms with van der Waals surface area (Å²) >= 11 is 6.13. The lowest BCUT2D eigenvalue weighted by atomic mass is 10.2. The molecule has 0 aliphatic carbocycles. The number of benzene rings is 2. The number of nitrogens with one attached hydrogen (secondary N) is 2. The normalized spacial score (nSPS) is 10.3. The zero-order valence-electron chi connectivity index (χ0n) is 15.7. The molecular weight excluding hydrogens is 378 g/mol. The van der Waals surface area contributed by atoms with Gasteiger partial charge in [-0.1, -0.05) is 11.6 Å². The number of amides is 1. The molecule has 28 heavy (non-hydrogen) atoms. The van der Waals surface area contributed by atoms with E-state index < -0.39 is 0 Å². The fraction of sp³-hybridized carbons (Fsp3) is 0.143. The molecule has 0 saturated heterocycles. The first-order chi connectivity index (χ1) is 13.5.